The number of hydrogen-bond donors (Lipinski definition) is 0. The third kappa shape index (κ3) is 13.4. The standard InChI is InChI=1S/C3H8O6S2.Na/c1-10(4,5)3-2-9-11(6,7)8;/h2-3H2,1H3,(H,6,7,8);/q;+1/p-1. The summed E-state index contributed by atoms with van der Waals surface area (Å²) in [5.41, 5.74) is 0. The predicted molar refractivity (Wildman–Crippen MR) is 35.4 cm³/mol. The smallest absolute Gasteiger partial charge is 0.726 e. The SMILES string of the molecule is CS(=O)(=O)CCOS(=O)(=O)[O-].[Na+]. The fourth-order valence-corrected chi connectivity index (χ4v) is 1.07. The zero-order chi connectivity index (χ0) is 9.12. The molecule has 0 N–H and O–H groups in total. The Morgan fingerprint density at radius 3 is 1.92 bits per heavy atom. The summed E-state index contributed by atoms with van der Waals surface area (Å²) in [5.74, 6) is -0.478. The van der Waals surface area contributed by atoms with Gasteiger partial charge in [0.25, 0.3) is 0 Å². The second kappa shape index (κ2) is 5.53. The molecule has 0 saturated carbocycles. The molecule has 0 radical (unpaired) electrons. The summed E-state index contributed by atoms with van der Waals surface area (Å²) in [7, 11) is -8.04. The minimum Gasteiger partial charge on any atom is -0.726 e. The summed E-state index contributed by atoms with van der Waals surface area (Å²) >= 11 is 0. The molecule has 0 fully saturated rings. The summed E-state index contributed by atoms with van der Waals surface area (Å²) in [6, 6.07) is 0. The average Bonchev–Trinajstić information content (AvgIpc) is 1.55. The van der Waals surface area contributed by atoms with Crippen LogP contribution in [0.5, 0.6) is 0 Å². The largest absolute Gasteiger partial charge is 1.00 e. The van der Waals surface area contributed by atoms with Crippen LogP contribution in [0.1, 0.15) is 0 Å². The van der Waals surface area contributed by atoms with E-state index in [1.165, 1.54) is 0 Å². The molecule has 9 heteroatoms. The second-order valence-corrected chi connectivity index (χ2v) is 5.17. The Bertz CT molecular complexity index is 270. The summed E-state index contributed by atoms with van der Waals surface area (Å²) in [6.45, 7) is -0.620. The Labute approximate surface area is 93.5 Å². The van der Waals surface area contributed by atoms with Gasteiger partial charge in [0.15, 0.2) is 0 Å². The maximum atomic E-state index is 10.3. The molecule has 0 aliphatic heterocycles. The van der Waals surface area contributed by atoms with Gasteiger partial charge in [-0.1, -0.05) is 0 Å². The van der Waals surface area contributed by atoms with Gasteiger partial charge in [-0.2, -0.15) is 0 Å². The number of hydrogen-bond acceptors (Lipinski definition) is 6. The van der Waals surface area contributed by atoms with Crippen LogP contribution in [-0.2, 0) is 24.4 Å². The third-order valence-electron chi connectivity index (χ3n) is 0.682. The van der Waals surface area contributed by atoms with Gasteiger partial charge in [0.2, 0.25) is 10.4 Å². The van der Waals surface area contributed by atoms with E-state index in [2.05, 4.69) is 4.18 Å². The van der Waals surface area contributed by atoms with Gasteiger partial charge < -0.3 is 4.55 Å². The van der Waals surface area contributed by atoms with Crippen LogP contribution in [-0.4, -0.2) is 40.0 Å². The molecular formula is C3H7NaO6S2. The first kappa shape index (κ1) is 15.3. The van der Waals surface area contributed by atoms with Crippen LogP contribution in [0, 0.1) is 0 Å². The van der Waals surface area contributed by atoms with Gasteiger partial charge >= 0.3 is 29.6 Å². The van der Waals surface area contributed by atoms with Gasteiger partial charge in [0, 0.05) is 6.26 Å². The van der Waals surface area contributed by atoms with Crippen molar-refractivity contribution >= 4 is 20.2 Å². The molecular weight excluding hydrogens is 219 g/mol. The van der Waals surface area contributed by atoms with E-state index in [0.717, 1.165) is 6.26 Å². The fourth-order valence-electron chi connectivity index (χ4n) is 0.287. The zero-order valence-electron chi connectivity index (χ0n) is 6.68. The predicted octanol–water partition coefficient (Wildman–Crippen LogP) is -4.49. The Morgan fingerprint density at radius 1 is 1.25 bits per heavy atom. The monoisotopic (exact) mass is 226 g/mol. The topological polar surface area (TPSA) is 101 Å². The van der Waals surface area contributed by atoms with E-state index < -0.39 is 32.6 Å². The molecule has 0 spiro atoms. The molecule has 12 heavy (non-hydrogen) atoms. The molecule has 0 bridgehead atoms. The van der Waals surface area contributed by atoms with Crippen molar-refractivity contribution in [2.24, 2.45) is 0 Å². The summed E-state index contributed by atoms with van der Waals surface area (Å²) in [6.07, 6.45) is 0.910. The molecule has 0 amide bonds. The van der Waals surface area contributed by atoms with Crippen molar-refractivity contribution < 1.29 is 55.1 Å². The Hall–Kier alpha value is 0.820. The molecule has 6 nitrogen and oxygen atoms in total. The van der Waals surface area contributed by atoms with Crippen LogP contribution in [0.4, 0.5) is 0 Å². The van der Waals surface area contributed by atoms with Gasteiger partial charge in [0.1, 0.15) is 9.84 Å². The van der Waals surface area contributed by atoms with Gasteiger partial charge in [-0.05, 0) is 0 Å². The van der Waals surface area contributed by atoms with E-state index in [1.54, 1.807) is 0 Å². The molecule has 0 atom stereocenters. The number of sulfone groups is 1. The molecule has 0 aromatic rings. The van der Waals surface area contributed by atoms with Gasteiger partial charge in [-0.15, -0.1) is 0 Å². The first-order chi connectivity index (χ1) is 4.71. The molecule has 0 rings (SSSR count). The van der Waals surface area contributed by atoms with Crippen LogP contribution in [0.25, 0.3) is 0 Å². The molecule has 0 aromatic heterocycles. The minimum atomic E-state index is -4.76. The van der Waals surface area contributed by atoms with Crippen LogP contribution in [0.2, 0.25) is 0 Å². The first-order valence-corrected chi connectivity index (χ1v) is 5.88. The van der Waals surface area contributed by atoms with E-state index in [0.29, 0.717) is 0 Å². The van der Waals surface area contributed by atoms with Crippen molar-refractivity contribution in [2.45, 2.75) is 0 Å². The molecule has 68 valence electrons. The van der Waals surface area contributed by atoms with Crippen molar-refractivity contribution in [1.29, 1.82) is 0 Å². The Morgan fingerprint density at radius 2 is 1.67 bits per heavy atom. The van der Waals surface area contributed by atoms with Crippen LogP contribution >= 0.6 is 0 Å². The van der Waals surface area contributed by atoms with E-state index >= 15 is 0 Å². The van der Waals surface area contributed by atoms with Crippen LogP contribution in [0.3, 0.4) is 0 Å². The van der Waals surface area contributed by atoms with Gasteiger partial charge in [-0.25, -0.2) is 16.8 Å². The molecule has 0 heterocycles. The first-order valence-electron chi connectivity index (χ1n) is 2.49. The summed E-state index contributed by atoms with van der Waals surface area (Å²) in [4.78, 5) is 0. The van der Waals surface area contributed by atoms with Gasteiger partial charge in [0.05, 0.1) is 12.4 Å². The van der Waals surface area contributed by atoms with Crippen molar-refractivity contribution in [3.63, 3.8) is 0 Å². The molecule has 0 aliphatic rings. The van der Waals surface area contributed by atoms with Crippen LogP contribution in [0.15, 0.2) is 0 Å². The normalized spacial score (nSPS) is 12.2. The summed E-state index contributed by atoms with van der Waals surface area (Å²) in [5, 5.41) is 0. The zero-order valence-corrected chi connectivity index (χ0v) is 10.3. The van der Waals surface area contributed by atoms with Crippen LogP contribution < -0.4 is 29.6 Å². The second-order valence-electron chi connectivity index (χ2n) is 1.86. The van der Waals surface area contributed by atoms with Crippen molar-refractivity contribution in [1.82, 2.24) is 0 Å². The molecule has 0 aliphatic carbocycles. The van der Waals surface area contributed by atoms with E-state index in [1.807, 2.05) is 0 Å². The Kier molecular flexibility index (Phi) is 7.05. The quantitative estimate of drug-likeness (QED) is 0.272. The van der Waals surface area contributed by atoms with E-state index in [4.69, 9.17) is 0 Å². The molecule has 0 saturated heterocycles. The minimum absolute atomic E-state index is 0. The van der Waals surface area contributed by atoms with Crippen molar-refractivity contribution in [3.8, 4) is 0 Å². The van der Waals surface area contributed by atoms with E-state index in [-0.39, 0.29) is 29.6 Å². The van der Waals surface area contributed by atoms with Crippen molar-refractivity contribution in [2.75, 3.05) is 18.6 Å². The maximum Gasteiger partial charge on any atom is 1.00 e. The fraction of sp³-hybridized carbons (Fsp3) is 1.00. The number of rotatable bonds is 4. The Balaban J connectivity index is 0. The molecule has 0 unspecified atom stereocenters. The summed E-state index contributed by atoms with van der Waals surface area (Å²) < 4.78 is 53.6. The molecule has 0 aromatic carbocycles. The van der Waals surface area contributed by atoms with Gasteiger partial charge in [-0.3, -0.25) is 4.18 Å². The third-order valence-corrected chi connectivity index (χ3v) is 2.05. The average molecular weight is 226 g/mol. The maximum absolute atomic E-state index is 10.3. The van der Waals surface area contributed by atoms with E-state index in [9.17, 15) is 21.4 Å². The van der Waals surface area contributed by atoms with Crippen molar-refractivity contribution in [3.05, 3.63) is 0 Å².